The van der Waals surface area contributed by atoms with Crippen LogP contribution in [-0.2, 0) is 16.9 Å². The van der Waals surface area contributed by atoms with Crippen molar-refractivity contribution in [1.82, 2.24) is 9.97 Å². The fourth-order valence-electron chi connectivity index (χ4n) is 1.56. The van der Waals surface area contributed by atoms with Gasteiger partial charge < -0.3 is 16.0 Å². The molecule has 5 nitrogen and oxygen atoms in total. The van der Waals surface area contributed by atoms with Crippen LogP contribution in [0, 0.1) is 0 Å². The molecular weight excluding hydrogens is 248 g/mol. The third-order valence-electron chi connectivity index (χ3n) is 2.32. The highest BCUT2D eigenvalue weighted by Crippen LogP contribution is 2.19. The second-order valence-electron chi connectivity index (χ2n) is 3.95. The van der Waals surface area contributed by atoms with Crippen molar-refractivity contribution in [3.63, 3.8) is 0 Å². The summed E-state index contributed by atoms with van der Waals surface area (Å²) in [4.78, 5) is 8.52. The van der Waals surface area contributed by atoms with Crippen LogP contribution in [0.2, 0.25) is 0 Å². The topological polar surface area (TPSA) is 101 Å². The molecule has 0 saturated heterocycles. The van der Waals surface area contributed by atoms with Crippen molar-refractivity contribution in [2.45, 2.75) is 5.75 Å². The fraction of sp³-hybridized carbons (Fsp3) is 0.167. The van der Waals surface area contributed by atoms with E-state index < -0.39 is 11.2 Å². The molecule has 0 aliphatic heterocycles. The summed E-state index contributed by atoms with van der Waals surface area (Å²) in [6.45, 7) is 0. The summed E-state index contributed by atoms with van der Waals surface area (Å²) in [5.41, 5.74) is 13.5. The molecule has 1 unspecified atom stereocenters. The maximum Gasteiger partial charge on any atom is 0.161 e. The minimum absolute atomic E-state index is 0.370. The van der Waals surface area contributed by atoms with Crippen LogP contribution >= 0.6 is 0 Å². The van der Waals surface area contributed by atoms with E-state index in [2.05, 4.69) is 9.97 Å². The minimum Gasteiger partial charge on any atom is -0.616 e. The Bertz CT molecular complexity index is 542. The van der Waals surface area contributed by atoms with Crippen LogP contribution in [0.1, 0.15) is 5.69 Å². The summed E-state index contributed by atoms with van der Waals surface area (Å²) in [5, 5.41) is 0. The Morgan fingerprint density at radius 1 is 1.17 bits per heavy atom. The van der Waals surface area contributed by atoms with Crippen molar-refractivity contribution in [3.05, 3.63) is 36.0 Å². The van der Waals surface area contributed by atoms with Gasteiger partial charge in [-0.1, -0.05) is 11.2 Å². The van der Waals surface area contributed by atoms with E-state index in [1.54, 1.807) is 24.5 Å². The lowest BCUT2D eigenvalue weighted by Gasteiger charge is -2.07. The average Bonchev–Trinajstić information content (AvgIpc) is 2.28. The summed E-state index contributed by atoms with van der Waals surface area (Å²) in [7, 11) is 0. The molecule has 0 spiro atoms. The summed E-state index contributed by atoms with van der Waals surface area (Å²) in [6.07, 6.45) is 1.63. The number of hydrogen-bond acceptors (Lipinski definition) is 5. The zero-order valence-electron chi connectivity index (χ0n) is 9.96. The Labute approximate surface area is 108 Å². The molecule has 2 rings (SSSR count). The first-order chi connectivity index (χ1) is 8.54. The van der Waals surface area contributed by atoms with Gasteiger partial charge in [0.15, 0.2) is 5.82 Å². The van der Waals surface area contributed by atoms with E-state index in [1.165, 1.54) is 0 Å². The fourth-order valence-corrected chi connectivity index (χ4v) is 2.13. The second kappa shape index (κ2) is 5.24. The van der Waals surface area contributed by atoms with Crippen molar-refractivity contribution < 1.29 is 4.55 Å². The van der Waals surface area contributed by atoms with Crippen LogP contribution in [0.25, 0.3) is 11.4 Å². The maximum absolute atomic E-state index is 11.2. The van der Waals surface area contributed by atoms with Gasteiger partial charge in [0.2, 0.25) is 0 Å². The van der Waals surface area contributed by atoms with Crippen LogP contribution in [0.5, 0.6) is 0 Å². The van der Waals surface area contributed by atoms with Crippen LogP contribution in [-0.4, -0.2) is 20.8 Å². The minimum atomic E-state index is -0.959. The van der Waals surface area contributed by atoms with Gasteiger partial charge in [0.1, 0.15) is 11.6 Å². The highest BCUT2D eigenvalue weighted by molar-refractivity contribution is 7.89. The van der Waals surface area contributed by atoms with E-state index in [0.717, 1.165) is 5.56 Å². The quantitative estimate of drug-likeness (QED) is 0.639. The molecule has 0 fully saturated rings. The summed E-state index contributed by atoms with van der Waals surface area (Å²) < 4.78 is 11.2. The van der Waals surface area contributed by atoms with Crippen LogP contribution in [0.15, 0.2) is 30.3 Å². The third-order valence-corrected chi connectivity index (χ3v) is 3.02. The lowest BCUT2D eigenvalue weighted by Crippen LogP contribution is -2.06. The molecule has 2 aromatic rings. The molecule has 0 saturated carbocycles. The van der Waals surface area contributed by atoms with Gasteiger partial charge in [-0.3, -0.25) is 0 Å². The Morgan fingerprint density at radius 3 is 2.44 bits per heavy atom. The Kier molecular flexibility index (Phi) is 3.69. The monoisotopic (exact) mass is 262 g/mol. The number of anilines is 2. The van der Waals surface area contributed by atoms with Gasteiger partial charge in [0.25, 0.3) is 0 Å². The van der Waals surface area contributed by atoms with Crippen molar-refractivity contribution in [2.24, 2.45) is 0 Å². The van der Waals surface area contributed by atoms with Crippen molar-refractivity contribution >= 4 is 22.7 Å². The zero-order chi connectivity index (χ0) is 13.1. The van der Waals surface area contributed by atoms with E-state index in [1.807, 2.05) is 12.1 Å². The number of nitrogen functional groups attached to an aromatic ring is 2. The summed E-state index contributed by atoms with van der Waals surface area (Å²) >= 11 is -0.959. The van der Waals surface area contributed by atoms with Gasteiger partial charge in [-0.15, -0.1) is 0 Å². The molecular formula is C12H14N4OS. The zero-order valence-corrected chi connectivity index (χ0v) is 10.8. The SMILES string of the molecule is C[S+]([O-])Cc1cc(N)nc(-c2ccc(N)cc2)n1. The number of nitrogens with two attached hydrogens (primary N) is 2. The first-order valence-corrected chi connectivity index (χ1v) is 7.06. The molecule has 1 aromatic carbocycles. The molecule has 0 aliphatic carbocycles. The molecule has 0 amide bonds. The molecule has 1 atom stereocenters. The number of rotatable bonds is 3. The molecule has 1 aromatic heterocycles. The van der Waals surface area contributed by atoms with E-state index >= 15 is 0 Å². The van der Waals surface area contributed by atoms with Crippen molar-refractivity contribution in [2.75, 3.05) is 17.7 Å². The smallest absolute Gasteiger partial charge is 0.161 e. The molecule has 94 valence electrons. The lowest BCUT2D eigenvalue weighted by molar-refractivity contribution is 0.599. The Balaban J connectivity index is 2.38. The van der Waals surface area contributed by atoms with Crippen LogP contribution in [0.3, 0.4) is 0 Å². The van der Waals surface area contributed by atoms with Crippen LogP contribution in [0.4, 0.5) is 11.5 Å². The van der Waals surface area contributed by atoms with Crippen LogP contribution < -0.4 is 11.5 Å². The third kappa shape index (κ3) is 3.12. The first-order valence-electron chi connectivity index (χ1n) is 5.34. The Morgan fingerprint density at radius 2 is 1.83 bits per heavy atom. The van der Waals surface area contributed by atoms with Gasteiger partial charge in [0, 0.05) is 17.3 Å². The van der Waals surface area contributed by atoms with Gasteiger partial charge in [-0.05, 0) is 24.3 Å². The number of nitrogens with zero attached hydrogens (tertiary/aromatic N) is 2. The van der Waals surface area contributed by atoms with E-state index in [0.29, 0.717) is 28.8 Å². The number of benzene rings is 1. The number of aromatic nitrogens is 2. The molecule has 0 aliphatic rings. The Hall–Kier alpha value is -1.79. The summed E-state index contributed by atoms with van der Waals surface area (Å²) in [6, 6.07) is 8.86. The van der Waals surface area contributed by atoms with Gasteiger partial charge in [-0.25, -0.2) is 9.97 Å². The molecule has 0 radical (unpaired) electrons. The molecule has 6 heteroatoms. The molecule has 1 heterocycles. The average molecular weight is 262 g/mol. The standard InChI is InChI=1S/C12H14N4OS/c1-18(17)7-10-6-11(14)16-12(15-10)8-2-4-9(13)5-3-8/h2-6H,7,13H2,1H3,(H2,14,15,16). The largest absolute Gasteiger partial charge is 0.616 e. The normalized spacial score (nSPS) is 12.3. The highest BCUT2D eigenvalue weighted by atomic mass is 32.2. The molecule has 18 heavy (non-hydrogen) atoms. The molecule has 4 N–H and O–H groups in total. The predicted molar refractivity (Wildman–Crippen MR) is 74.1 cm³/mol. The van der Waals surface area contributed by atoms with Gasteiger partial charge in [0.05, 0.1) is 11.9 Å². The lowest BCUT2D eigenvalue weighted by atomic mass is 10.2. The van der Waals surface area contributed by atoms with Crippen molar-refractivity contribution in [3.8, 4) is 11.4 Å². The van der Waals surface area contributed by atoms with Crippen molar-refractivity contribution in [1.29, 1.82) is 0 Å². The van der Waals surface area contributed by atoms with Gasteiger partial charge in [-0.2, -0.15) is 0 Å². The van der Waals surface area contributed by atoms with E-state index in [4.69, 9.17) is 11.5 Å². The second-order valence-corrected chi connectivity index (χ2v) is 5.38. The summed E-state index contributed by atoms with van der Waals surface area (Å²) in [5.74, 6) is 1.27. The van der Waals surface area contributed by atoms with E-state index in [9.17, 15) is 4.55 Å². The predicted octanol–water partition coefficient (Wildman–Crippen LogP) is 1.19. The maximum atomic E-state index is 11.2. The van der Waals surface area contributed by atoms with E-state index in [-0.39, 0.29) is 0 Å². The molecule has 0 bridgehead atoms. The van der Waals surface area contributed by atoms with Gasteiger partial charge >= 0.3 is 0 Å². The first kappa shape index (κ1) is 12.7. The highest BCUT2D eigenvalue weighted by Gasteiger charge is 2.08. The number of hydrogen-bond donors (Lipinski definition) is 2.